The molecule has 1 nitrogen and oxygen atoms in total. The Morgan fingerprint density at radius 1 is 1.00 bits per heavy atom. The molecule has 1 aliphatic heterocycles. The second-order valence-corrected chi connectivity index (χ2v) is 9.93. The first-order valence-electron chi connectivity index (χ1n) is 7.37. The van der Waals surface area contributed by atoms with Crippen LogP contribution in [0.2, 0.25) is 0 Å². The van der Waals surface area contributed by atoms with E-state index >= 15 is 0 Å². The molecule has 18 heavy (non-hydrogen) atoms. The topological polar surface area (TPSA) is 12.0 Å². The van der Waals surface area contributed by atoms with Crippen molar-refractivity contribution >= 4 is 23.5 Å². The zero-order chi connectivity index (χ0) is 13.8. The quantitative estimate of drug-likeness (QED) is 0.724. The summed E-state index contributed by atoms with van der Waals surface area (Å²) in [6.45, 7) is 14.1. The van der Waals surface area contributed by atoms with Crippen LogP contribution in [0.15, 0.2) is 0 Å². The van der Waals surface area contributed by atoms with Gasteiger partial charge in [-0.25, -0.2) is 0 Å². The molecule has 108 valence electrons. The molecule has 1 aliphatic rings. The van der Waals surface area contributed by atoms with Crippen molar-refractivity contribution in [3.8, 4) is 0 Å². The minimum absolute atomic E-state index is 0.327. The molecule has 0 amide bonds. The van der Waals surface area contributed by atoms with E-state index in [4.69, 9.17) is 0 Å². The van der Waals surface area contributed by atoms with Crippen molar-refractivity contribution in [1.82, 2.24) is 5.32 Å². The Morgan fingerprint density at radius 2 is 1.56 bits per heavy atom. The molecule has 1 saturated heterocycles. The normalized spacial score (nSPS) is 24.2. The summed E-state index contributed by atoms with van der Waals surface area (Å²) in [6.07, 6.45) is 3.94. The Balaban J connectivity index is 2.69. The molecule has 0 aromatic carbocycles. The average molecular weight is 290 g/mol. The van der Waals surface area contributed by atoms with Crippen LogP contribution in [0.4, 0.5) is 0 Å². The van der Waals surface area contributed by atoms with Crippen molar-refractivity contribution in [2.45, 2.75) is 70.3 Å². The number of nitrogens with one attached hydrogen (secondary N) is 1. The lowest BCUT2D eigenvalue weighted by molar-refractivity contribution is 0.337. The van der Waals surface area contributed by atoms with E-state index in [0.717, 1.165) is 28.2 Å². The molecule has 1 rings (SSSR count). The van der Waals surface area contributed by atoms with Crippen molar-refractivity contribution in [2.75, 3.05) is 5.88 Å². The van der Waals surface area contributed by atoms with Gasteiger partial charge in [-0.3, -0.25) is 5.32 Å². The summed E-state index contributed by atoms with van der Waals surface area (Å²) < 4.78 is 0.781. The maximum absolute atomic E-state index is 3.82. The number of rotatable bonds is 6. The third kappa shape index (κ3) is 5.75. The minimum atomic E-state index is 0.327. The van der Waals surface area contributed by atoms with Crippen molar-refractivity contribution in [2.24, 2.45) is 17.8 Å². The maximum atomic E-state index is 3.82. The fraction of sp³-hybridized carbons (Fsp3) is 1.00. The first-order chi connectivity index (χ1) is 8.33. The van der Waals surface area contributed by atoms with Gasteiger partial charge in [-0.1, -0.05) is 41.5 Å². The average Bonchev–Trinajstić information content (AvgIpc) is 2.12. The van der Waals surface area contributed by atoms with Gasteiger partial charge >= 0.3 is 0 Å². The molecular formula is C15H31NS2. The van der Waals surface area contributed by atoms with Gasteiger partial charge in [0.2, 0.25) is 0 Å². The lowest BCUT2D eigenvalue weighted by Crippen LogP contribution is -2.48. The van der Waals surface area contributed by atoms with Crippen molar-refractivity contribution in [3.05, 3.63) is 0 Å². The van der Waals surface area contributed by atoms with Crippen LogP contribution in [-0.4, -0.2) is 15.3 Å². The second-order valence-electron chi connectivity index (χ2n) is 6.85. The summed E-state index contributed by atoms with van der Waals surface area (Å²) in [4.78, 5) is 0.327. The van der Waals surface area contributed by atoms with Gasteiger partial charge in [-0.2, -0.15) is 0 Å². The maximum Gasteiger partial charge on any atom is 0.0667 e. The Hall–Kier alpha value is 0.660. The standard InChI is InChI=1S/C15H31NS2/c1-11(2)7-14-17-10-16-15(18-14,8-12(3)4)9-13(5)6/h11-14,16H,7-10H2,1-6H3. The number of thioether (sulfide) groups is 2. The third-order valence-corrected chi connectivity index (χ3v) is 6.12. The highest BCUT2D eigenvalue weighted by Gasteiger charge is 2.38. The van der Waals surface area contributed by atoms with E-state index in [1.54, 1.807) is 0 Å². The van der Waals surface area contributed by atoms with Gasteiger partial charge in [-0.05, 0) is 37.0 Å². The molecule has 0 aromatic rings. The summed E-state index contributed by atoms with van der Waals surface area (Å²) >= 11 is 4.32. The lowest BCUT2D eigenvalue weighted by atomic mass is 9.95. The Kier molecular flexibility index (Phi) is 6.91. The highest BCUT2D eigenvalue weighted by atomic mass is 32.2. The SMILES string of the molecule is CC(C)CC1SCNC(CC(C)C)(CC(C)C)S1. The summed E-state index contributed by atoms with van der Waals surface area (Å²) in [6, 6.07) is 0. The van der Waals surface area contributed by atoms with Gasteiger partial charge in [0.05, 0.1) is 9.45 Å². The van der Waals surface area contributed by atoms with Crippen LogP contribution in [0.3, 0.4) is 0 Å². The molecule has 1 unspecified atom stereocenters. The third-order valence-electron chi connectivity index (χ3n) is 3.16. The molecule has 0 aliphatic carbocycles. The fourth-order valence-corrected chi connectivity index (χ4v) is 6.92. The molecule has 0 bridgehead atoms. The van der Waals surface area contributed by atoms with Crippen molar-refractivity contribution in [3.63, 3.8) is 0 Å². The van der Waals surface area contributed by atoms with Crippen LogP contribution in [0.1, 0.15) is 60.8 Å². The zero-order valence-corrected chi connectivity index (χ0v) is 14.6. The van der Waals surface area contributed by atoms with E-state index in [0.29, 0.717) is 4.87 Å². The molecule has 3 heteroatoms. The predicted octanol–water partition coefficient (Wildman–Crippen LogP) is 5.17. The summed E-state index contributed by atoms with van der Waals surface area (Å²) in [7, 11) is 0. The minimum Gasteiger partial charge on any atom is -0.294 e. The Morgan fingerprint density at radius 3 is 2.00 bits per heavy atom. The molecule has 1 atom stereocenters. The number of hydrogen-bond donors (Lipinski definition) is 1. The number of hydrogen-bond acceptors (Lipinski definition) is 3. The van der Waals surface area contributed by atoms with E-state index in [2.05, 4.69) is 70.4 Å². The molecule has 1 N–H and O–H groups in total. The zero-order valence-electron chi connectivity index (χ0n) is 13.0. The smallest absolute Gasteiger partial charge is 0.0667 e. The van der Waals surface area contributed by atoms with E-state index in [1.165, 1.54) is 19.3 Å². The van der Waals surface area contributed by atoms with Gasteiger partial charge in [0, 0.05) is 5.88 Å². The molecule has 0 aromatic heterocycles. The van der Waals surface area contributed by atoms with E-state index in [1.807, 2.05) is 0 Å². The highest BCUT2D eigenvalue weighted by molar-refractivity contribution is 8.18. The molecule has 0 radical (unpaired) electrons. The second kappa shape index (κ2) is 7.44. The van der Waals surface area contributed by atoms with Crippen molar-refractivity contribution < 1.29 is 0 Å². The Labute approximate surface area is 123 Å². The fourth-order valence-electron chi connectivity index (χ4n) is 2.74. The Bertz CT molecular complexity index is 229. The van der Waals surface area contributed by atoms with E-state index in [-0.39, 0.29) is 0 Å². The van der Waals surface area contributed by atoms with Crippen LogP contribution in [0, 0.1) is 17.8 Å². The molecule has 0 spiro atoms. The summed E-state index contributed by atoms with van der Waals surface area (Å²) in [5.74, 6) is 3.48. The van der Waals surface area contributed by atoms with E-state index in [9.17, 15) is 0 Å². The highest BCUT2D eigenvalue weighted by Crippen LogP contribution is 2.46. The predicted molar refractivity (Wildman–Crippen MR) is 88.1 cm³/mol. The molecule has 1 fully saturated rings. The first-order valence-corrected chi connectivity index (χ1v) is 9.30. The van der Waals surface area contributed by atoms with Gasteiger partial charge in [0.1, 0.15) is 0 Å². The van der Waals surface area contributed by atoms with Crippen LogP contribution in [0.5, 0.6) is 0 Å². The van der Waals surface area contributed by atoms with Crippen LogP contribution in [0.25, 0.3) is 0 Å². The van der Waals surface area contributed by atoms with Crippen LogP contribution in [-0.2, 0) is 0 Å². The lowest BCUT2D eigenvalue weighted by Gasteiger charge is -2.44. The molecule has 1 heterocycles. The van der Waals surface area contributed by atoms with Gasteiger partial charge in [-0.15, -0.1) is 23.5 Å². The largest absolute Gasteiger partial charge is 0.294 e. The van der Waals surface area contributed by atoms with Gasteiger partial charge in [0.25, 0.3) is 0 Å². The van der Waals surface area contributed by atoms with Gasteiger partial charge < -0.3 is 0 Å². The molecule has 0 saturated carbocycles. The first kappa shape index (κ1) is 16.7. The van der Waals surface area contributed by atoms with Crippen molar-refractivity contribution in [1.29, 1.82) is 0 Å². The monoisotopic (exact) mass is 289 g/mol. The van der Waals surface area contributed by atoms with Crippen LogP contribution >= 0.6 is 23.5 Å². The molecular weight excluding hydrogens is 258 g/mol. The van der Waals surface area contributed by atoms with E-state index < -0.39 is 0 Å². The summed E-state index contributed by atoms with van der Waals surface area (Å²) in [5.41, 5.74) is 0. The summed E-state index contributed by atoms with van der Waals surface area (Å²) in [5, 5.41) is 3.82. The van der Waals surface area contributed by atoms with Crippen LogP contribution < -0.4 is 5.32 Å². The van der Waals surface area contributed by atoms with Gasteiger partial charge in [0.15, 0.2) is 0 Å².